The molecular weight excluding hydrogens is 230 g/mol. The summed E-state index contributed by atoms with van der Waals surface area (Å²) in [7, 11) is 1.97. The molecule has 2 rings (SSSR count). The molecule has 1 heterocycles. The predicted molar refractivity (Wildman–Crippen MR) is 75.1 cm³/mol. The van der Waals surface area contributed by atoms with E-state index >= 15 is 0 Å². The number of benzene rings is 1. The van der Waals surface area contributed by atoms with Gasteiger partial charge in [-0.05, 0) is 12.0 Å². The van der Waals surface area contributed by atoms with Crippen molar-refractivity contribution in [2.45, 2.75) is 6.42 Å². The Labute approximate surface area is 106 Å². The molecule has 0 bridgehead atoms. The van der Waals surface area contributed by atoms with Crippen LogP contribution >= 0.6 is 11.8 Å². The van der Waals surface area contributed by atoms with Crippen LogP contribution in [0.5, 0.6) is 0 Å². The van der Waals surface area contributed by atoms with Gasteiger partial charge in [0.15, 0.2) is 0 Å². The number of nitrogens with two attached hydrogens (primary N) is 1. The highest BCUT2D eigenvalue weighted by Gasteiger charge is 2.12. The molecule has 0 amide bonds. The minimum Gasteiger partial charge on any atom is -0.384 e. The van der Waals surface area contributed by atoms with Gasteiger partial charge in [-0.25, -0.2) is 4.98 Å². The van der Waals surface area contributed by atoms with Crippen LogP contribution in [-0.4, -0.2) is 21.6 Å². The van der Waals surface area contributed by atoms with Crippen LogP contribution < -0.4 is 5.73 Å². The molecule has 17 heavy (non-hydrogen) atoms. The molecule has 1 aromatic carbocycles. The zero-order valence-corrected chi connectivity index (χ0v) is 11.0. The summed E-state index contributed by atoms with van der Waals surface area (Å²) in [4.78, 5) is 4.64. The molecule has 0 aliphatic heterocycles. The van der Waals surface area contributed by atoms with E-state index in [4.69, 9.17) is 5.73 Å². The molecule has 0 unspecified atom stereocenters. The van der Waals surface area contributed by atoms with E-state index in [2.05, 4.69) is 23.4 Å². The first-order chi connectivity index (χ1) is 8.24. The van der Waals surface area contributed by atoms with E-state index in [-0.39, 0.29) is 0 Å². The number of thioether (sulfide) groups is 1. The summed E-state index contributed by atoms with van der Waals surface area (Å²) in [5, 5.41) is 0. The molecular formula is C13H17N3S. The third kappa shape index (κ3) is 2.47. The molecule has 3 nitrogen and oxygen atoms in total. The monoisotopic (exact) mass is 247 g/mol. The quantitative estimate of drug-likeness (QED) is 0.903. The number of imidazole rings is 1. The number of anilines is 1. The van der Waals surface area contributed by atoms with Gasteiger partial charge in [0, 0.05) is 19.0 Å². The summed E-state index contributed by atoms with van der Waals surface area (Å²) in [6.45, 7) is 0. The van der Waals surface area contributed by atoms with Gasteiger partial charge in [0.1, 0.15) is 11.6 Å². The van der Waals surface area contributed by atoms with E-state index in [9.17, 15) is 0 Å². The van der Waals surface area contributed by atoms with Crippen LogP contribution in [0.4, 0.5) is 5.82 Å². The Kier molecular flexibility index (Phi) is 3.74. The van der Waals surface area contributed by atoms with E-state index < -0.39 is 0 Å². The molecule has 0 atom stereocenters. The lowest BCUT2D eigenvalue weighted by Gasteiger charge is -2.02. The first-order valence-electron chi connectivity index (χ1n) is 5.59. The third-order valence-corrected chi connectivity index (χ3v) is 3.40. The van der Waals surface area contributed by atoms with E-state index in [1.807, 2.05) is 41.6 Å². The smallest absolute Gasteiger partial charge is 0.141 e. The van der Waals surface area contributed by atoms with Crippen LogP contribution in [0.2, 0.25) is 0 Å². The second-order valence-electron chi connectivity index (χ2n) is 3.94. The molecule has 1 aromatic heterocycles. The molecule has 0 radical (unpaired) electrons. The number of hydrogen-bond acceptors (Lipinski definition) is 3. The fourth-order valence-electron chi connectivity index (χ4n) is 1.80. The molecule has 2 aromatic rings. The molecule has 0 aliphatic rings. The number of hydrogen-bond donors (Lipinski definition) is 1. The lowest BCUT2D eigenvalue weighted by Crippen LogP contribution is -2.00. The van der Waals surface area contributed by atoms with Crippen molar-refractivity contribution in [3.63, 3.8) is 0 Å². The summed E-state index contributed by atoms with van der Waals surface area (Å²) < 4.78 is 1.96. The molecule has 4 heteroatoms. The topological polar surface area (TPSA) is 43.8 Å². The highest BCUT2D eigenvalue weighted by Crippen LogP contribution is 2.23. The fraction of sp³-hybridized carbons (Fsp3) is 0.308. The van der Waals surface area contributed by atoms with E-state index in [1.54, 1.807) is 0 Å². The predicted octanol–water partition coefficient (Wildman–Crippen LogP) is 2.57. The Hall–Kier alpha value is -1.42. The van der Waals surface area contributed by atoms with Crippen molar-refractivity contribution in [3.05, 3.63) is 36.0 Å². The second kappa shape index (κ2) is 5.27. The van der Waals surface area contributed by atoms with E-state index in [0.29, 0.717) is 0 Å². The van der Waals surface area contributed by atoms with Crippen molar-refractivity contribution >= 4 is 17.6 Å². The van der Waals surface area contributed by atoms with Crippen molar-refractivity contribution in [3.8, 4) is 11.4 Å². The van der Waals surface area contributed by atoms with Crippen molar-refractivity contribution in [1.29, 1.82) is 0 Å². The summed E-state index contributed by atoms with van der Waals surface area (Å²) in [6, 6.07) is 10.1. The minimum absolute atomic E-state index is 0.776. The van der Waals surface area contributed by atoms with Gasteiger partial charge >= 0.3 is 0 Å². The van der Waals surface area contributed by atoms with E-state index in [0.717, 1.165) is 35.1 Å². The lowest BCUT2D eigenvalue weighted by molar-refractivity contribution is 0.936. The van der Waals surface area contributed by atoms with Gasteiger partial charge < -0.3 is 10.3 Å². The Balaban J connectivity index is 2.36. The number of aryl methyl sites for hydroxylation is 1. The summed E-state index contributed by atoms with van der Waals surface area (Å²) >= 11 is 1.81. The Bertz CT molecular complexity index is 491. The van der Waals surface area contributed by atoms with Gasteiger partial charge in [-0.1, -0.05) is 30.3 Å². The van der Waals surface area contributed by atoms with Gasteiger partial charge in [-0.15, -0.1) is 0 Å². The molecule has 0 saturated heterocycles. The average Bonchev–Trinajstić information content (AvgIpc) is 2.65. The Morgan fingerprint density at radius 1 is 1.29 bits per heavy atom. The number of aromatic nitrogens is 2. The minimum atomic E-state index is 0.776. The Morgan fingerprint density at radius 3 is 2.65 bits per heavy atom. The van der Waals surface area contributed by atoms with Crippen LogP contribution in [0.15, 0.2) is 30.3 Å². The standard InChI is InChI=1S/C13H17N3S/c1-16-12(14)11(8-9-17-2)15-13(16)10-6-4-3-5-7-10/h3-7H,8-9,14H2,1-2H3. The average molecular weight is 247 g/mol. The first kappa shape index (κ1) is 12.0. The third-order valence-electron chi connectivity index (χ3n) is 2.79. The zero-order chi connectivity index (χ0) is 12.3. The molecule has 90 valence electrons. The molecule has 2 N–H and O–H groups in total. The zero-order valence-electron chi connectivity index (χ0n) is 10.2. The molecule has 0 aliphatic carbocycles. The maximum Gasteiger partial charge on any atom is 0.141 e. The lowest BCUT2D eigenvalue weighted by atomic mass is 10.2. The number of nitrogens with zero attached hydrogens (tertiary/aromatic N) is 2. The van der Waals surface area contributed by atoms with Crippen LogP contribution in [0.1, 0.15) is 5.69 Å². The SMILES string of the molecule is CSCCc1nc(-c2ccccc2)n(C)c1N. The normalized spacial score (nSPS) is 10.7. The van der Waals surface area contributed by atoms with Gasteiger partial charge in [0.05, 0.1) is 5.69 Å². The van der Waals surface area contributed by atoms with Gasteiger partial charge in [0.2, 0.25) is 0 Å². The number of nitrogen functional groups attached to an aromatic ring is 1. The van der Waals surface area contributed by atoms with Crippen molar-refractivity contribution in [1.82, 2.24) is 9.55 Å². The molecule has 0 fully saturated rings. The molecule has 0 saturated carbocycles. The summed E-state index contributed by atoms with van der Waals surface area (Å²) in [5.74, 6) is 2.77. The van der Waals surface area contributed by atoms with Gasteiger partial charge in [-0.3, -0.25) is 0 Å². The van der Waals surface area contributed by atoms with E-state index in [1.165, 1.54) is 0 Å². The fourth-order valence-corrected chi connectivity index (χ4v) is 2.19. The van der Waals surface area contributed by atoms with Crippen LogP contribution in [0.3, 0.4) is 0 Å². The highest BCUT2D eigenvalue weighted by molar-refractivity contribution is 7.98. The Morgan fingerprint density at radius 2 is 2.00 bits per heavy atom. The van der Waals surface area contributed by atoms with Crippen molar-refractivity contribution in [2.24, 2.45) is 7.05 Å². The van der Waals surface area contributed by atoms with Crippen molar-refractivity contribution < 1.29 is 0 Å². The van der Waals surface area contributed by atoms with Crippen molar-refractivity contribution in [2.75, 3.05) is 17.7 Å². The van der Waals surface area contributed by atoms with Crippen LogP contribution in [0.25, 0.3) is 11.4 Å². The summed E-state index contributed by atoms with van der Waals surface area (Å²) in [6.07, 6.45) is 3.02. The maximum absolute atomic E-state index is 6.07. The van der Waals surface area contributed by atoms with Gasteiger partial charge in [0.25, 0.3) is 0 Å². The van der Waals surface area contributed by atoms with Crippen LogP contribution in [-0.2, 0) is 13.5 Å². The number of rotatable bonds is 4. The second-order valence-corrected chi connectivity index (χ2v) is 4.92. The first-order valence-corrected chi connectivity index (χ1v) is 6.99. The summed E-state index contributed by atoms with van der Waals surface area (Å²) in [5.41, 5.74) is 8.18. The maximum atomic E-state index is 6.07. The van der Waals surface area contributed by atoms with Gasteiger partial charge in [-0.2, -0.15) is 11.8 Å². The largest absolute Gasteiger partial charge is 0.384 e. The molecule has 0 spiro atoms. The highest BCUT2D eigenvalue weighted by atomic mass is 32.2. The van der Waals surface area contributed by atoms with Crippen LogP contribution in [0, 0.1) is 0 Å².